The van der Waals surface area contributed by atoms with Crippen LogP contribution in [0.15, 0.2) is 48.7 Å². The number of carbonyl (C=O) groups excluding carboxylic acids is 1. The molecule has 0 saturated carbocycles. The number of para-hydroxylation sites is 1. The van der Waals surface area contributed by atoms with Crippen molar-refractivity contribution < 1.29 is 14.3 Å². The summed E-state index contributed by atoms with van der Waals surface area (Å²) < 4.78 is 13.0. The van der Waals surface area contributed by atoms with Gasteiger partial charge in [0, 0.05) is 43.0 Å². The van der Waals surface area contributed by atoms with E-state index in [0.717, 1.165) is 22.0 Å². The van der Waals surface area contributed by atoms with Crippen LogP contribution in [0.1, 0.15) is 37.3 Å². The van der Waals surface area contributed by atoms with Gasteiger partial charge in [-0.25, -0.2) is 0 Å². The van der Waals surface area contributed by atoms with Gasteiger partial charge in [0.1, 0.15) is 0 Å². The summed E-state index contributed by atoms with van der Waals surface area (Å²) in [6.07, 6.45) is 2.50. The molecule has 1 amide bonds. The first-order chi connectivity index (χ1) is 13.9. The molecule has 1 heterocycles. The van der Waals surface area contributed by atoms with E-state index in [4.69, 9.17) is 9.47 Å². The Bertz CT molecular complexity index is 991. The van der Waals surface area contributed by atoms with Gasteiger partial charge in [-0.15, -0.1) is 0 Å². The van der Waals surface area contributed by atoms with Crippen LogP contribution < -0.4 is 14.8 Å². The van der Waals surface area contributed by atoms with Crippen LogP contribution in [-0.4, -0.2) is 31.2 Å². The first-order valence-corrected chi connectivity index (χ1v) is 9.97. The summed E-state index contributed by atoms with van der Waals surface area (Å²) >= 11 is 0. The lowest BCUT2D eigenvalue weighted by atomic mass is 9.87. The first-order valence-electron chi connectivity index (χ1n) is 9.97. The van der Waals surface area contributed by atoms with Crippen LogP contribution in [0, 0.1) is 5.92 Å². The molecule has 1 atom stereocenters. The van der Waals surface area contributed by atoms with E-state index in [2.05, 4.69) is 42.1 Å². The van der Waals surface area contributed by atoms with Crippen molar-refractivity contribution in [1.29, 1.82) is 0 Å². The number of nitrogens with zero attached hydrogens (tertiary/aromatic N) is 1. The van der Waals surface area contributed by atoms with Gasteiger partial charge in [0.15, 0.2) is 11.5 Å². The summed E-state index contributed by atoms with van der Waals surface area (Å²) in [5.74, 6) is 1.71. The van der Waals surface area contributed by atoms with Crippen molar-refractivity contribution >= 4 is 16.8 Å². The van der Waals surface area contributed by atoms with E-state index in [-0.39, 0.29) is 11.8 Å². The molecule has 154 valence electrons. The zero-order valence-electron chi connectivity index (χ0n) is 17.9. The molecule has 3 rings (SSSR count). The number of hydrogen-bond acceptors (Lipinski definition) is 3. The van der Waals surface area contributed by atoms with E-state index in [1.807, 2.05) is 37.4 Å². The van der Waals surface area contributed by atoms with Gasteiger partial charge in [0.25, 0.3) is 0 Å². The molecule has 0 bridgehead atoms. The summed E-state index contributed by atoms with van der Waals surface area (Å²) in [6, 6.07) is 14.2. The molecular formula is C24H30N2O3. The standard InChI is InChI=1S/C24H30N2O3/c1-16(2)14-25-24(27)13-19(17-10-11-22(28-4)23(12-17)29-5)20-15-26(3)21-9-7-6-8-18(20)21/h6-12,15-16,19H,13-14H2,1-5H3,(H,25,27). The lowest BCUT2D eigenvalue weighted by Crippen LogP contribution is -2.28. The van der Waals surface area contributed by atoms with Gasteiger partial charge in [0.2, 0.25) is 5.91 Å². The number of aromatic nitrogens is 1. The Morgan fingerprint density at radius 3 is 2.48 bits per heavy atom. The van der Waals surface area contributed by atoms with Crippen molar-refractivity contribution in [2.75, 3.05) is 20.8 Å². The lowest BCUT2D eigenvalue weighted by Gasteiger charge is -2.19. The van der Waals surface area contributed by atoms with Crippen molar-refractivity contribution in [3.8, 4) is 11.5 Å². The van der Waals surface area contributed by atoms with Gasteiger partial charge >= 0.3 is 0 Å². The number of nitrogens with one attached hydrogen (secondary N) is 1. The molecule has 0 spiro atoms. The Morgan fingerprint density at radius 2 is 1.79 bits per heavy atom. The van der Waals surface area contributed by atoms with E-state index in [0.29, 0.717) is 30.4 Å². The van der Waals surface area contributed by atoms with Crippen LogP contribution in [0.2, 0.25) is 0 Å². The summed E-state index contributed by atoms with van der Waals surface area (Å²) in [5.41, 5.74) is 3.31. The second-order valence-corrected chi connectivity index (χ2v) is 7.78. The smallest absolute Gasteiger partial charge is 0.220 e. The van der Waals surface area contributed by atoms with E-state index in [1.165, 1.54) is 0 Å². The molecule has 2 aromatic carbocycles. The van der Waals surface area contributed by atoms with Gasteiger partial charge in [-0.3, -0.25) is 4.79 Å². The minimum atomic E-state index is -0.0898. The molecule has 0 saturated heterocycles. The van der Waals surface area contributed by atoms with Gasteiger partial charge in [-0.05, 0) is 35.2 Å². The highest BCUT2D eigenvalue weighted by Gasteiger charge is 2.23. The van der Waals surface area contributed by atoms with Crippen molar-refractivity contribution in [2.45, 2.75) is 26.2 Å². The molecule has 0 fully saturated rings. The molecule has 1 aromatic heterocycles. The van der Waals surface area contributed by atoms with Crippen LogP contribution in [0.5, 0.6) is 11.5 Å². The zero-order valence-corrected chi connectivity index (χ0v) is 17.9. The Morgan fingerprint density at radius 1 is 1.07 bits per heavy atom. The van der Waals surface area contributed by atoms with Crippen molar-refractivity contribution in [3.63, 3.8) is 0 Å². The van der Waals surface area contributed by atoms with Gasteiger partial charge < -0.3 is 19.4 Å². The summed E-state index contributed by atoms with van der Waals surface area (Å²) in [7, 11) is 5.29. The molecule has 5 heteroatoms. The average molecular weight is 395 g/mol. The Labute approximate surface area is 172 Å². The third kappa shape index (κ3) is 4.56. The number of rotatable bonds is 8. The Kier molecular flexibility index (Phi) is 6.47. The summed E-state index contributed by atoms with van der Waals surface area (Å²) in [4.78, 5) is 12.8. The largest absolute Gasteiger partial charge is 0.493 e. The number of carbonyl (C=O) groups is 1. The van der Waals surface area contributed by atoms with Gasteiger partial charge in [-0.1, -0.05) is 38.1 Å². The molecule has 0 radical (unpaired) electrons. The number of hydrogen-bond donors (Lipinski definition) is 1. The highest BCUT2D eigenvalue weighted by molar-refractivity contribution is 5.86. The predicted molar refractivity (Wildman–Crippen MR) is 117 cm³/mol. The van der Waals surface area contributed by atoms with Crippen LogP contribution >= 0.6 is 0 Å². The quantitative estimate of drug-likeness (QED) is 0.612. The van der Waals surface area contributed by atoms with Crippen molar-refractivity contribution in [2.24, 2.45) is 13.0 Å². The van der Waals surface area contributed by atoms with E-state index in [9.17, 15) is 4.79 Å². The van der Waals surface area contributed by atoms with E-state index < -0.39 is 0 Å². The number of aryl methyl sites for hydroxylation is 1. The van der Waals surface area contributed by atoms with E-state index in [1.54, 1.807) is 14.2 Å². The maximum atomic E-state index is 12.8. The van der Waals surface area contributed by atoms with Crippen molar-refractivity contribution in [3.05, 3.63) is 59.8 Å². The average Bonchev–Trinajstić information content (AvgIpc) is 3.06. The fourth-order valence-electron chi connectivity index (χ4n) is 3.70. The molecule has 0 aliphatic rings. The topological polar surface area (TPSA) is 52.5 Å². The monoisotopic (exact) mass is 394 g/mol. The first kappa shape index (κ1) is 20.8. The maximum Gasteiger partial charge on any atom is 0.220 e. The lowest BCUT2D eigenvalue weighted by molar-refractivity contribution is -0.121. The number of ether oxygens (including phenoxy) is 2. The number of amides is 1. The van der Waals surface area contributed by atoms with Gasteiger partial charge in [-0.2, -0.15) is 0 Å². The SMILES string of the molecule is COc1ccc(C(CC(=O)NCC(C)C)c2cn(C)c3ccccc23)cc1OC. The van der Waals surface area contributed by atoms with Crippen LogP contribution in [0.3, 0.4) is 0 Å². The van der Waals surface area contributed by atoms with E-state index >= 15 is 0 Å². The number of methoxy groups -OCH3 is 2. The maximum absolute atomic E-state index is 12.8. The minimum absolute atomic E-state index is 0.0476. The zero-order chi connectivity index (χ0) is 21.0. The molecule has 0 aliphatic heterocycles. The normalized spacial score (nSPS) is 12.2. The fraction of sp³-hybridized carbons (Fsp3) is 0.375. The fourth-order valence-corrected chi connectivity index (χ4v) is 3.70. The molecule has 0 aliphatic carbocycles. The third-order valence-electron chi connectivity index (χ3n) is 5.21. The molecule has 5 nitrogen and oxygen atoms in total. The predicted octanol–water partition coefficient (Wildman–Crippen LogP) is 4.49. The Balaban J connectivity index is 2.05. The second-order valence-electron chi connectivity index (χ2n) is 7.78. The summed E-state index contributed by atoms with van der Waals surface area (Å²) in [6.45, 7) is 4.86. The summed E-state index contributed by atoms with van der Waals surface area (Å²) in [5, 5.41) is 4.22. The Hall–Kier alpha value is -2.95. The number of benzene rings is 2. The molecule has 1 unspecified atom stereocenters. The van der Waals surface area contributed by atoms with Crippen LogP contribution in [-0.2, 0) is 11.8 Å². The highest BCUT2D eigenvalue weighted by Crippen LogP contribution is 2.38. The molecule has 3 aromatic rings. The molecule has 1 N–H and O–H groups in total. The van der Waals surface area contributed by atoms with Gasteiger partial charge in [0.05, 0.1) is 14.2 Å². The van der Waals surface area contributed by atoms with Crippen LogP contribution in [0.4, 0.5) is 0 Å². The third-order valence-corrected chi connectivity index (χ3v) is 5.21. The van der Waals surface area contributed by atoms with Crippen LogP contribution in [0.25, 0.3) is 10.9 Å². The highest BCUT2D eigenvalue weighted by atomic mass is 16.5. The molecule has 29 heavy (non-hydrogen) atoms. The molecular weight excluding hydrogens is 364 g/mol. The van der Waals surface area contributed by atoms with Crippen molar-refractivity contribution in [1.82, 2.24) is 9.88 Å². The second kappa shape index (κ2) is 9.03. The number of fused-ring (bicyclic) bond motifs is 1. The minimum Gasteiger partial charge on any atom is -0.493 e.